The van der Waals surface area contributed by atoms with E-state index in [1.54, 1.807) is 18.3 Å². The number of aliphatic carboxylic acids is 1. The van der Waals surface area contributed by atoms with E-state index in [4.69, 9.17) is 5.26 Å². The number of pyridine rings is 1. The third-order valence-corrected chi connectivity index (χ3v) is 3.93. The summed E-state index contributed by atoms with van der Waals surface area (Å²) < 4.78 is 0. The first-order chi connectivity index (χ1) is 10.2. The summed E-state index contributed by atoms with van der Waals surface area (Å²) in [4.78, 5) is 17.7. The standard InChI is InChI=1S/C16H15N3O2/c17-10-11-4-5-12-6-7-18-15(13(12)9-11)19-8-2-1-3-14(19)16(20)21/h4-7,9,14H,1-3,8H2,(H,20,21). The lowest BCUT2D eigenvalue weighted by atomic mass is 10.0. The van der Waals surface area contributed by atoms with Crippen molar-refractivity contribution in [2.75, 3.05) is 11.4 Å². The number of nitrogens with zero attached hydrogens (tertiary/aromatic N) is 3. The second kappa shape index (κ2) is 5.41. The maximum Gasteiger partial charge on any atom is 0.326 e. The first-order valence-corrected chi connectivity index (χ1v) is 6.99. The van der Waals surface area contributed by atoms with Crippen molar-refractivity contribution in [3.8, 4) is 6.07 Å². The minimum absolute atomic E-state index is 0.539. The van der Waals surface area contributed by atoms with Gasteiger partial charge in [0.25, 0.3) is 0 Å². The number of carbonyl (C=O) groups is 1. The predicted octanol–water partition coefficient (Wildman–Crippen LogP) is 2.55. The Bertz CT molecular complexity index is 736. The van der Waals surface area contributed by atoms with Gasteiger partial charge in [-0.1, -0.05) is 6.07 Å². The number of benzene rings is 1. The third kappa shape index (κ3) is 2.40. The molecule has 5 nitrogen and oxygen atoms in total. The van der Waals surface area contributed by atoms with Crippen LogP contribution in [0, 0.1) is 11.3 Å². The third-order valence-electron chi connectivity index (χ3n) is 3.93. The quantitative estimate of drug-likeness (QED) is 0.915. The molecule has 0 amide bonds. The van der Waals surface area contributed by atoms with Crippen LogP contribution in [0.1, 0.15) is 24.8 Å². The number of aromatic nitrogens is 1. The van der Waals surface area contributed by atoms with Crippen molar-refractivity contribution in [3.05, 3.63) is 36.0 Å². The maximum atomic E-state index is 11.5. The molecule has 1 aromatic heterocycles. The summed E-state index contributed by atoms with van der Waals surface area (Å²) in [7, 11) is 0. The largest absolute Gasteiger partial charge is 0.480 e. The molecule has 106 valence electrons. The van der Waals surface area contributed by atoms with Gasteiger partial charge in [-0.3, -0.25) is 0 Å². The number of carboxylic acids is 1. The second-order valence-electron chi connectivity index (χ2n) is 5.23. The summed E-state index contributed by atoms with van der Waals surface area (Å²) in [5.74, 6) is -0.151. The van der Waals surface area contributed by atoms with E-state index in [-0.39, 0.29) is 0 Å². The van der Waals surface area contributed by atoms with Gasteiger partial charge in [0, 0.05) is 18.1 Å². The molecular weight excluding hydrogens is 266 g/mol. The summed E-state index contributed by atoms with van der Waals surface area (Å²) >= 11 is 0. The number of anilines is 1. The van der Waals surface area contributed by atoms with Crippen molar-refractivity contribution in [1.29, 1.82) is 5.26 Å². The minimum Gasteiger partial charge on any atom is -0.480 e. The molecule has 1 unspecified atom stereocenters. The number of fused-ring (bicyclic) bond motifs is 1. The zero-order valence-electron chi connectivity index (χ0n) is 11.5. The molecule has 21 heavy (non-hydrogen) atoms. The average Bonchev–Trinajstić information content (AvgIpc) is 2.53. The van der Waals surface area contributed by atoms with E-state index >= 15 is 0 Å². The monoisotopic (exact) mass is 281 g/mol. The summed E-state index contributed by atoms with van der Waals surface area (Å²) in [6.45, 7) is 0.680. The SMILES string of the molecule is N#Cc1ccc2ccnc(N3CCCCC3C(=O)O)c2c1. The molecule has 1 aliphatic heterocycles. The van der Waals surface area contributed by atoms with Gasteiger partial charge in [0.2, 0.25) is 0 Å². The van der Waals surface area contributed by atoms with Gasteiger partial charge in [0.15, 0.2) is 0 Å². The van der Waals surface area contributed by atoms with Crippen LogP contribution in [0.4, 0.5) is 5.82 Å². The molecule has 2 heterocycles. The van der Waals surface area contributed by atoms with E-state index in [1.165, 1.54) is 0 Å². The minimum atomic E-state index is -0.815. The number of hydrogen-bond acceptors (Lipinski definition) is 4. The van der Waals surface area contributed by atoms with Gasteiger partial charge < -0.3 is 10.0 Å². The molecule has 1 saturated heterocycles. The Labute approximate surface area is 122 Å². The Hall–Kier alpha value is -2.61. The van der Waals surface area contributed by atoms with E-state index in [1.807, 2.05) is 17.0 Å². The maximum absolute atomic E-state index is 11.5. The number of hydrogen-bond donors (Lipinski definition) is 1. The van der Waals surface area contributed by atoms with Gasteiger partial charge in [-0.2, -0.15) is 5.26 Å². The highest BCUT2D eigenvalue weighted by atomic mass is 16.4. The van der Waals surface area contributed by atoms with E-state index in [0.717, 1.165) is 23.6 Å². The fourth-order valence-corrected chi connectivity index (χ4v) is 2.89. The van der Waals surface area contributed by atoms with Crippen LogP contribution in [0.3, 0.4) is 0 Å². The molecule has 2 aromatic rings. The van der Waals surface area contributed by atoms with Crippen LogP contribution in [-0.2, 0) is 4.79 Å². The van der Waals surface area contributed by atoms with Gasteiger partial charge >= 0.3 is 5.97 Å². The van der Waals surface area contributed by atoms with Crippen molar-refractivity contribution in [2.24, 2.45) is 0 Å². The fraction of sp³-hybridized carbons (Fsp3) is 0.312. The first kappa shape index (κ1) is 13.4. The zero-order chi connectivity index (χ0) is 14.8. The fourth-order valence-electron chi connectivity index (χ4n) is 2.89. The Morgan fingerprint density at radius 1 is 1.38 bits per heavy atom. The van der Waals surface area contributed by atoms with Crippen LogP contribution in [0.25, 0.3) is 10.8 Å². The van der Waals surface area contributed by atoms with Crippen LogP contribution in [0.15, 0.2) is 30.5 Å². The van der Waals surface area contributed by atoms with Crippen LogP contribution in [-0.4, -0.2) is 28.6 Å². The normalized spacial score (nSPS) is 18.4. The molecule has 1 aliphatic rings. The molecule has 0 aliphatic carbocycles. The molecule has 3 rings (SSSR count). The van der Waals surface area contributed by atoms with E-state index in [9.17, 15) is 9.90 Å². The van der Waals surface area contributed by atoms with E-state index < -0.39 is 12.0 Å². The summed E-state index contributed by atoms with van der Waals surface area (Å²) in [5, 5.41) is 20.3. The zero-order valence-corrected chi connectivity index (χ0v) is 11.5. The molecule has 0 bridgehead atoms. The molecule has 1 N–H and O–H groups in total. The average molecular weight is 281 g/mol. The van der Waals surface area contributed by atoms with Crippen molar-refractivity contribution in [1.82, 2.24) is 4.98 Å². The number of carboxylic acid groups (broad SMARTS) is 1. The number of nitriles is 1. The van der Waals surface area contributed by atoms with Crippen LogP contribution in [0.5, 0.6) is 0 Å². The van der Waals surface area contributed by atoms with Crippen LogP contribution < -0.4 is 4.90 Å². The number of rotatable bonds is 2. The van der Waals surface area contributed by atoms with Gasteiger partial charge in [0.1, 0.15) is 11.9 Å². The molecule has 1 atom stereocenters. The molecular formula is C16H15N3O2. The Balaban J connectivity index is 2.14. The summed E-state index contributed by atoms with van der Waals surface area (Å²) in [6.07, 6.45) is 4.20. The Kier molecular flexibility index (Phi) is 3.44. The molecule has 0 radical (unpaired) electrons. The Morgan fingerprint density at radius 2 is 2.24 bits per heavy atom. The highest BCUT2D eigenvalue weighted by molar-refractivity contribution is 5.94. The molecule has 0 spiro atoms. The van der Waals surface area contributed by atoms with Crippen molar-refractivity contribution >= 4 is 22.6 Å². The summed E-state index contributed by atoms with van der Waals surface area (Å²) in [5.41, 5.74) is 0.556. The van der Waals surface area contributed by atoms with Gasteiger partial charge in [-0.15, -0.1) is 0 Å². The molecule has 0 saturated carbocycles. The lowest BCUT2D eigenvalue weighted by molar-refractivity contribution is -0.139. The topological polar surface area (TPSA) is 77.2 Å². The molecule has 1 fully saturated rings. The number of piperidine rings is 1. The second-order valence-corrected chi connectivity index (χ2v) is 5.23. The lowest BCUT2D eigenvalue weighted by Crippen LogP contribution is -2.45. The van der Waals surface area contributed by atoms with Gasteiger partial charge in [-0.25, -0.2) is 9.78 Å². The van der Waals surface area contributed by atoms with Crippen LogP contribution >= 0.6 is 0 Å². The van der Waals surface area contributed by atoms with Crippen molar-refractivity contribution in [2.45, 2.75) is 25.3 Å². The molecule has 1 aromatic carbocycles. The molecule has 5 heteroatoms. The van der Waals surface area contributed by atoms with Crippen molar-refractivity contribution in [3.63, 3.8) is 0 Å². The first-order valence-electron chi connectivity index (χ1n) is 6.99. The van der Waals surface area contributed by atoms with Crippen LogP contribution in [0.2, 0.25) is 0 Å². The van der Waals surface area contributed by atoms with Crippen molar-refractivity contribution < 1.29 is 9.90 Å². The van der Waals surface area contributed by atoms with E-state index in [2.05, 4.69) is 11.1 Å². The predicted molar refractivity (Wildman–Crippen MR) is 79.1 cm³/mol. The summed E-state index contributed by atoms with van der Waals surface area (Å²) in [6, 6.07) is 8.87. The smallest absolute Gasteiger partial charge is 0.326 e. The van der Waals surface area contributed by atoms with Gasteiger partial charge in [-0.05, 0) is 42.8 Å². The highest BCUT2D eigenvalue weighted by Crippen LogP contribution is 2.30. The lowest BCUT2D eigenvalue weighted by Gasteiger charge is -2.34. The Morgan fingerprint density at radius 3 is 3.00 bits per heavy atom. The van der Waals surface area contributed by atoms with Gasteiger partial charge in [0.05, 0.1) is 11.6 Å². The van der Waals surface area contributed by atoms with E-state index in [0.29, 0.717) is 24.3 Å². The highest BCUT2D eigenvalue weighted by Gasteiger charge is 2.30.